The predicted molar refractivity (Wildman–Crippen MR) is 87.3 cm³/mol. The zero-order chi connectivity index (χ0) is 18.8. The second-order valence-corrected chi connectivity index (χ2v) is 8.29. The number of ether oxygens (including phenoxy) is 2. The van der Waals surface area contributed by atoms with Crippen LogP contribution >= 0.6 is 0 Å². The van der Waals surface area contributed by atoms with E-state index in [2.05, 4.69) is 14.4 Å². The normalized spacial score (nSPS) is 21.2. The van der Waals surface area contributed by atoms with E-state index in [0.717, 1.165) is 56.6 Å². The van der Waals surface area contributed by atoms with E-state index >= 15 is 0 Å². The molecule has 1 heterocycles. The summed E-state index contributed by atoms with van der Waals surface area (Å²) in [6, 6.07) is 4.18. The third kappa shape index (κ3) is 4.48. The first-order valence-electron chi connectivity index (χ1n) is 8.39. The lowest BCUT2D eigenvalue weighted by atomic mass is 9.75. The summed E-state index contributed by atoms with van der Waals surface area (Å²) >= 11 is 0. The second-order valence-electron chi connectivity index (χ2n) is 6.52. The monoisotopic (exact) mass is 394 g/mol. The number of hydrogen-bond acceptors (Lipinski definition) is 5. The molecule has 2 aliphatic rings. The van der Waals surface area contributed by atoms with Gasteiger partial charge in [-0.05, 0) is 43.5 Å². The van der Waals surface area contributed by atoms with Gasteiger partial charge in [-0.2, -0.15) is 0 Å². The molecule has 0 atom stereocenters. The number of nitrogens with one attached hydrogen (secondary N) is 1. The van der Waals surface area contributed by atoms with Gasteiger partial charge < -0.3 is 9.47 Å². The summed E-state index contributed by atoms with van der Waals surface area (Å²) < 4.78 is 73.2. The molecule has 1 N–H and O–H groups in total. The second kappa shape index (κ2) is 7.34. The zero-order valence-corrected chi connectivity index (χ0v) is 14.9. The molecule has 1 saturated carbocycles. The molecule has 1 saturated heterocycles. The first-order valence-corrected chi connectivity index (χ1v) is 9.87. The molecule has 3 rings (SSSR count). The van der Waals surface area contributed by atoms with Crippen molar-refractivity contribution in [2.24, 2.45) is 0 Å². The van der Waals surface area contributed by atoms with Crippen LogP contribution in [0.3, 0.4) is 0 Å². The van der Waals surface area contributed by atoms with Crippen molar-refractivity contribution >= 4 is 10.0 Å². The van der Waals surface area contributed by atoms with E-state index < -0.39 is 22.1 Å². The Balaban J connectivity index is 1.64. The molecule has 10 heteroatoms. The fraction of sp³-hybridized carbons (Fsp3) is 0.625. The van der Waals surface area contributed by atoms with E-state index in [1.165, 1.54) is 0 Å². The molecule has 26 heavy (non-hydrogen) atoms. The predicted octanol–water partition coefficient (Wildman–Crippen LogP) is 2.12. The summed E-state index contributed by atoms with van der Waals surface area (Å²) in [5, 5.41) is 0. The van der Waals surface area contributed by atoms with E-state index in [4.69, 9.17) is 4.74 Å². The Hall–Kier alpha value is -1.36. The van der Waals surface area contributed by atoms with Gasteiger partial charge in [-0.15, -0.1) is 13.2 Å². The summed E-state index contributed by atoms with van der Waals surface area (Å²) in [7, 11) is -3.81. The van der Waals surface area contributed by atoms with Gasteiger partial charge >= 0.3 is 6.36 Å². The van der Waals surface area contributed by atoms with Crippen molar-refractivity contribution in [3.63, 3.8) is 0 Å². The van der Waals surface area contributed by atoms with Gasteiger partial charge in [0.25, 0.3) is 0 Å². The molecule has 1 aliphatic carbocycles. The van der Waals surface area contributed by atoms with Crippen molar-refractivity contribution in [2.45, 2.75) is 36.1 Å². The number of morpholine rings is 1. The Bertz CT molecular complexity index is 712. The minimum absolute atomic E-state index is 0.0940. The van der Waals surface area contributed by atoms with Crippen molar-refractivity contribution in [3.8, 4) is 5.75 Å². The molecule has 0 amide bonds. The summed E-state index contributed by atoms with van der Waals surface area (Å²) in [6.07, 6.45) is -1.95. The van der Waals surface area contributed by atoms with E-state index in [1.54, 1.807) is 0 Å². The topological polar surface area (TPSA) is 67.9 Å². The Morgan fingerprint density at radius 3 is 2.27 bits per heavy atom. The van der Waals surface area contributed by atoms with Crippen LogP contribution in [0.15, 0.2) is 29.2 Å². The maximum Gasteiger partial charge on any atom is 0.573 e. The van der Waals surface area contributed by atoms with E-state index in [9.17, 15) is 21.6 Å². The third-order valence-corrected chi connectivity index (χ3v) is 6.34. The molecule has 1 aromatic rings. The highest BCUT2D eigenvalue weighted by molar-refractivity contribution is 7.89. The molecule has 1 aliphatic heterocycles. The first-order chi connectivity index (χ1) is 12.2. The van der Waals surface area contributed by atoms with Gasteiger partial charge in [0.2, 0.25) is 10.0 Å². The van der Waals surface area contributed by atoms with Gasteiger partial charge in [0.15, 0.2) is 0 Å². The molecule has 146 valence electrons. The largest absolute Gasteiger partial charge is 0.573 e. The summed E-state index contributed by atoms with van der Waals surface area (Å²) in [5.74, 6) is -0.458. The van der Waals surface area contributed by atoms with Crippen LogP contribution < -0.4 is 9.46 Å². The Morgan fingerprint density at radius 1 is 1.15 bits per heavy atom. The van der Waals surface area contributed by atoms with Gasteiger partial charge in [0.1, 0.15) is 5.75 Å². The molecule has 0 bridgehead atoms. The minimum Gasteiger partial charge on any atom is -0.406 e. The molecular weight excluding hydrogens is 373 g/mol. The molecule has 1 aromatic carbocycles. The van der Waals surface area contributed by atoms with Crippen LogP contribution in [-0.4, -0.2) is 58.1 Å². The van der Waals surface area contributed by atoms with Crippen LogP contribution in [0, 0.1) is 0 Å². The van der Waals surface area contributed by atoms with Gasteiger partial charge in [-0.25, -0.2) is 13.1 Å². The van der Waals surface area contributed by atoms with Gasteiger partial charge in [-0.1, -0.05) is 0 Å². The van der Waals surface area contributed by atoms with Crippen molar-refractivity contribution in [3.05, 3.63) is 24.3 Å². The molecule has 2 fully saturated rings. The molecular formula is C16H21F3N2O4S. The molecule has 0 radical (unpaired) electrons. The summed E-state index contributed by atoms with van der Waals surface area (Å²) in [5.41, 5.74) is -0.198. The van der Waals surface area contributed by atoms with Gasteiger partial charge in [-0.3, -0.25) is 4.90 Å². The lowest BCUT2D eigenvalue weighted by molar-refractivity contribution is -0.274. The molecule has 0 spiro atoms. The number of benzene rings is 1. The third-order valence-electron chi connectivity index (χ3n) is 4.93. The Labute approximate surface area is 150 Å². The lowest BCUT2D eigenvalue weighted by Crippen LogP contribution is -2.62. The molecule has 0 unspecified atom stereocenters. The van der Waals surface area contributed by atoms with Crippen molar-refractivity contribution in [1.82, 2.24) is 9.62 Å². The average molecular weight is 394 g/mol. The number of alkyl halides is 3. The fourth-order valence-electron chi connectivity index (χ4n) is 3.36. The van der Waals surface area contributed by atoms with Crippen LogP contribution in [0.1, 0.15) is 19.3 Å². The van der Waals surface area contributed by atoms with Crippen LogP contribution in [-0.2, 0) is 14.8 Å². The van der Waals surface area contributed by atoms with Crippen LogP contribution in [0.4, 0.5) is 13.2 Å². The summed E-state index contributed by atoms with van der Waals surface area (Å²) in [6.45, 7) is 3.08. The van der Waals surface area contributed by atoms with Crippen LogP contribution in [0.25, 0.3) is 0 Å². The van der Waals surface area contributed by atoms with Gasteiger partial charge in [0, 0.05) is 25.2 Å². The molecule has 6 nitrogen and oxygen atoms in total. The number of halogens is 3. The van der Waals surface area contributed by atoms with Crippen molar-refractivity contribution in [1.29, 1.82) is 0 Å². The molecule has 0 aromatic heterocycles. The number of nitrogens with zero attached hydrogens (tertiary/aromatic N) is 1. The smallest absolute Gasteiger partial charge is 0.406 e. The van der Waals surface area contributed by atoms with Crippen LogP contribution in [0.5, 0.6) is 5.75 Å². The highest BCUT2D eigenvalue weighted by Crippen LogP contribution is 2.38. The summed E-state index contributed by atoms with van der Waals surface area (Å²) in [4.78, 5) is 2.17. The van der Waals surface area contributed by atoms with E-state index in [0.29, 0.717) is 13.2 Å². The fourth-order valence-corrected chi connectivity index (χ4v) is 4.48. The Morgan fingerprint density at radius 2 is 1.77 bits per heavy atom. The number of sulfonamides is 1. The lowest BCUT2D eigenvalue weighted by Gasteiger charge is -2.51. The number of hydrogen-bond donors (Lipinski definition) is 1. The quantitative estimate of drug-likeness (QED) is 0.801. The van der Waals surface area contributed by atoms with E-state index in [-0.39, 0.29) is 17.0 Å². The van der Waals surface area contributed by atoms with Crippen LogP contribution in [0.2, 0.25) is 0 Å². The van der Waals surface area contributed by atoms with E-state index in [1.807, 2.05) is 0 Å². The maximum atomic E-state index is 12.5. The number of rotatable bonds is 6. The Kier molecular flexibility index (Phi) is 5.48. The highest BCUT2D eigenvalue weighted by Gasteiger charge is 2.43. The average Bonchev–Trinajstić information content (AvgIpc) is 2.54. The first kappa shape index (κ1) is 19.4. The minimum atomic E-state index is -4.81. The highest BCUT2D eigenvalue weighted by atomic mass is 32.2. The van der Waals surface area contributed by atoms with Crippen molar-refractivity contribution in [2.75, 3.05) is 32.8 Å². The zero-order valence-electron chi connectivity index (χ0n) is 14.1. The maximum absolute atomic E-state index is 12.5. The standard InChI is InChI=1S/C16H21F3N2O4S/c17-16(18,19)25-13-2-4-14(5-3-13)26(22,23)20-12-15(6-1-7-15)21-8-10-24-11-9-21/h2-5,20H,1,6-12H2. The SMILES string of the molecule is O=S(=O)(NCC1(N2CCOCC2)CCC1)c1ccc(OC(F)(F)F)cc1. The van der Waals surface area contributed by atoms with Crippen molar-refractivity contribution < 1.29 is 31.1 Å². The van der Waals surface area contributed by atoms with Gasteiger partial charge in [0.05, 0.1) is 18.1 Å².